The predicted octanol–water partition coefficient (Wildman–Crippen LogP) is 5.69. The van der Waals surface area contributed by atoms with Crippen LogP contribution in [0.25, 0.3) is 11.0 Å². The first-order valence-corrected chi connectivity index (χ1v) is 11.5. The molecule has 3 aromatic rings. The Morgan fingerprint density at radius 2 is 2.10 bits per heavy atom. The van der Waals surface area contributed by atoms with Crippen molar-refractivity contribution < 1.29 is 13.8 Å². The molecule has 2 aromatic heterocycles. The molecular formula is C20H22FN3O3S2. The normalized spacial score (nSPS) is 15.9. The number of piperidine rings is 1. The maximum Gasteiger partial charge on any atom is 0.325 e. The molecule has 1 aliphatic rings. The lowest BCUT2D eigenvalue weighted by Crippen LogP contribution is -2.33. The van der Waals surface area contributed by atoms with Crippen LogP contribution in [0.15, 0.2) is 39.1 Å². The monoisotopic (exact) mass is 435 g/mol. The van der Waals surface area contributed by atoms with Gasteiger partial charge in [-0.2, -0.15) is 0 Å². The zero-order valence-electron chi connectivity index (χ0n) is 15.9. The Morgan fingerprint density at radius 1 is 1.28 bits per heavy atom. The highest BCUT2D eigenvalue weighted by molar-refractivity contribution is 8.01. The average Bonchev–Trinajstić information content (AvgIpc) is 3.35. The summed E-state index contributed by atoms with van der Waals surface area (Å²) in [6, 6.07) is 8.03. The first-order valence-electron chi connectivity index (χ1n) is 9.74. The third-order valence-corrected chi connectivity index (χ3v) is 7.64. The molecule has 0 aliphatic carbocycles. The minimum absolute atomic E-state index is 0.209. The predicted molar refractivity (Wildman–Crippen MR) is 113 cm³/mol. The van der Waals surface area contributed by atoms with Crippen LogP contribution < -0.4 is 0 Å². The lowest BCUT2D eigenvalue weighted by atomic mass is 9.91. The lowest BCUT2D eigenvalue weighted by Gasteiger charge is -2.31. The number of nitro groups is 1. The Balaban J connectivity index is 1.17. The zero-order chi connectivity index (χ0) is 20.2. The largest absolute Gasteiger partial charge is 0.356 e. The van der Waals surface area contributed by atoms with Gasteiger partial charge in [0.15, 0.2) is 5.58 Å². The van der Waals surface area contributed by atoms with Gasteiger partial charge in [0.05, 0.1) is 14.8 Å². The van der Waals surface area contributed by atoms with Crippen molar-refractivity contribution in [2.75, 3.05) is 25.4 Å². The van der Waals surface area contributed by atoms with Crippen LogP contribution in [0.1, 0.15) is 37.3 Å². The van der Waals surface area contributed by atoms with Gasteiger partial charge in [-0.25, -0.2) is 4.39 Å². The van der Waals surface area contributed by atoms with Crippen LogP contribution in [0.2, 0.25) is 0 Å². The number of hydrogen-bond acceptors (Lipinski definition) is 7. The van der Waals surface area contributed by atoms with Crippen molar-refractivity contribution in [3.8, 4) is 0 Å². The van der Waals surface area contributed by atoms with Gasteiger partial charge in [-0.3, -0.25) is 10.1 Å². The molecule has 6 nitrogen and oxygen atoms in total. The molecule has 29 heavy (non-hydrogen) atoms. The van der Waals surface area contributed by atoms with Crippen molar-refractivity contribution in [3.05, 3.63) is 52.0 Å². The van der Waals surface area contributed by atoms with Crippen molar-refractivity contribution >= 4 is 39.1 Å². The maximum absolute atomic E-state index is 13.3. The zero-order valence-corrected chi connectivity index (χ0v) is 17.5. The van der Waals surface area contributed by atoms with E-state index in [9.17, 15) is 14.5 Å². The molecule has 0 unspecified atom stereocenters. The summed E-state index contributed by atoms with van der Waals surface area (Å²) in [5.74, 6) is 1.05. The summed E-state index contributed by atoms with van der Waals surface area (Å²) < 4.78 is 19.6. The number of rotatable bonds is 8. The number of hydrogen-bond donors (Lipinski definition) is 0. The van der Waals surface area contributed by atoms with Gasteiger partial charge in [0.25, 0.3) is 0 Å². The molecule has 0 saturated carbocycles. The van der Waals surface area contributed by atoms with Gasteiger partial charge in [-0.05, 0) is 69.3 Å². The van der Waals surface area contributed by atoms with E-state index in [1.165, 1.54) is 23.5 Å². The van der Waals surface area contributed by atoms with Crippen molar-refractivity contribution in [2.24, 2.45) is 0 Å². The van der Waals surface area contributed by atoms with E-state index in [0.29, 0.717) is 11.5 Å². The van der Waals surface area contributed by atoms with E-state index in [1.54, 1.807) is 23.9 Å². The molecule has 1 aromatic carbocycles. The number of nitrogens with zero attached hydrogens (tertiary/aromatic N) is 3. The number of likely N-dealkylation sites (tertiary alicyclic amines) is 1. The molecule has 1 fully saturated rings. The summed E-state index contributed by atoms with van der Waals surface area (Å²) in [6.45, 7) is 3.14. The van der Waals surface area contributed by atoms with Crippen LogP contribution in [0.4, 0.5) is 9.39 Å². The molecular weight excluding hydrogens is 413 g/mol. The molecule has 1 aliphatic heterocycles. The third-order valence-electron chi connectivity index (χ3n) is 5.30. The third kappa shape index (κ3) is 4.96. The molecule has 3 heterocycles. The van der Waals surface area contributed by atoms with E-state index in [4.69, 9.17) is 4.52 Å². The Labute approximate surface area is 176 Å². The topological polar surface area (TPSA) is 72.4 Å². The Hall–Kier alpha value is -1.97. The molecule has 9 heteroatoms. The maximum atomic E-state index is 13.3. The van der Waals surface area contributed by atoms with Crippen molar-refractivity contribution in [1.82, 2.24) is 10.1 Å². The molecule has 0 N–H and O–H groups in total. The number of thioether (sulfide) groups is 1. The molecule has 0 bridgehead atoms. The van der Waals surface area contributed by atoms with Crippen LogP contribution in [-0.4, -0.2) is 40.4 Å². The van der Waals surface area contributed by atoms with Gasteiger partial charge in [-0.1, -0.05) is 16.5 Å². The van der Waals surface area contributed by atoms with Gasteiger partial charge in [0, 0.05) is 23.4 Å². The molecule has 154 valence electrons. The number of halogens is 1. The quantitative estimate of drug-likeness (QED) is 0.196. The minimum Gasteiger partial charge on any atom is -0.356 e. The fourth-order valence-electron chi connectivity index (χ4n) is 3.75. The van der Waals surface area contributed by atoms with E-state index >= 15 is 0 Å². The number of aromatic nitrogens is 1. The standard InChI is InChI=1S/C20H22FN3O3S2/c21-15-3-4-16-17(13-15)27-22-20(16)14-7-10-23(11-8-14)9-1-2-12-28-19-6-5-18(29-19)24(25)26/h3-6,13-14H,1-2,7-12H2. The fourth-order valence-corrected chi connectivity index (χ4v) is 5.76. The van der Waals surface area contributed by atoms with Crippen molar-refractivity contribution in [3.63, 3.8) is 0 Å². The first-order chi connectivity index (χ1) is 14.1. The number of benzene rings is 1. The second kappa shape index (κ2) is 9.23. The summed E-state index contributed by atoms with van der Waals surface area (Å²) in [5.41, 5.74) is 1.48. The second-order valence-electron chi connectivity index (χ2n) is 7.23. The summed E-state index contributed by atoms with van der Waals surface area (Å²) in [6.07, 6.45) is 4.28. The van der Waals surface area contributed by atoms with Gasteiger partial charge >= 0.3 is 5.00 Å². The van der Waals surface area contributed by atoms with Gasteiger partial charge in [0.2, 0.25) is 0 Å². The summed E-state index contributed by atoms with van der Waals surface area (Å²) in [7, 11) is 0. The van der Waals surface area contributed by atoms with Crippen molar-refractivity contribution in [1.29, 1.82) is 0 Å². The van der Waals surface area contributed by atoms with Crippen LogP contribution in [0, 0.1) is 15.9 Å². The molecule has 0 atom stereocenters. The summed E-state index contributed by atoms with van der Waals surface area (Å²) in [5, 5.41) is 16.1. The Kier molecular flexibility index (Phi) is 6.46. The van der Waals surface area contributed by atoms with Gasteiger partial charge in [-0.15, -0.1) is 11.8 Å². The highest BCUT2D eigenvalue weighted by Gasteiger charge is 2.24. The smallest absolute Gasteiger partial charge is 0.325 e. The Bertz CT molecular complexity index is 982. The molecule has 0 radical (unpaired) electrons. The van der Waals surface area contributed by atoms with Crippen molar-refractivity contribution in [2.45, 2.75) is 35.8 Å². The minimum atomic E-state index is -0.335. The van der Waals surface area contributed by atoms with Crippen LogP contribution in [0.3, 0.4) is 0 Å². The number of thiophene rings is 1. The van der Waals surface area contributed by atoms with Gasteiger partial charge < -0.3 is 9.42 Å². The molecule has 1 saturated heterocycles. The van der Waals surface area contributed by atoms with Crippen LogP contribution >= 0.6 is 23.1 Å². The van der Waals surface area contributed by atoms with Gasteiger partial charge in [0.1, 0.15) is 5.82 Å². The number of fused-ring (bicyclic) bond motifs is 1. The van der Waals surface area contributed by atoms with E-state index in [1.807, 2.05) is 6.07 Å². The van der Waals surface area contributed by atoms with E-state index in [-0.39, 0.29) is 15.7 Å². The highest BCUT2D eigenvalue weighted by atomic mass is 32.2. The molecule has 0 spiro atoms. The summed E-state index contributed by atoms with van der Waals surface area (Å²) >= 11 is 2.94. The Morgan fingerprint density at radius 3 is 2.86 bits per heavy atom. The molecule has 4 rings (SSSR count). The number of unbranched alkanes of at least 4 members (excludes halogenated alkanes) is 1. The van der Waals surface area contributed by atoms with E-state index in [0.717, 1.165) is 66.4 Å². The average molecular weight is 436 g/mol. The SMILES string of the molecule is O=[N+]([O-])c1ccc(SCCCCN2CCC(c3noc4cc(F)ccc34)CC2)s1. The van der Waals surface area contributed by atoms with Crippen LogP contribution in [-0.2, 0) is 0 Å². The lowest BCUT2D eigenvalue weighted by molar-refractivity contribution is -0.380. The highest BCUT2D eigenvalue weighted by Crippen LogP contribution is 2.34. The summed E-state index contributed by atoms with van der Waals surface area (Å²) in [4.78, 5) is 12.9. The van der Waals surface area contributed by atoms with E-state index < -0.39 is 0 Å². The molecule has 0 amide bonds. The first kappa shape index (κ1) is 20.3. The fraction of sp³-hybridized carbons (Fsp3) is 0.450. The van der Waals surface area contributed by atoms with Crippen LogP contribution in [0.5, 0.6) is 0 Å². The van der Waals surface area contributed by atoms with E-state index in [2.05, 4.69) is 10.1 Å². The second-order valence-corrected chi connectivity index (χ2v) is 9.69.